The molecule has 0 fully saturated rings. The van der Waals surface area contributed by atoms with Crippen molar-refractivity contribution >= 4 is 17.9 Å². The van der Waals surface area contributed by atoms with Crippen LogP contribution in [0.3, 0.4) is 0 Å². The van der Waals surface area contributed by atoms with E-state index in [2.05, 4.69) is 5.32 Å². The van der Waals surface area contributed by atoms with Crippen molar-refractivity contribution in [2.75, 3.05) is 27.4 Å². The van der Waals surface area contributed by atoms with Crippen LogP contribution in [0.2, 0.25) is 0 Å². The second kappa shape index (κ2) is 9.29. The Hall–Kier alpha value is -2.77. The maximum absolute atomic E-state index is 11.7. The number of amides is 3. The van der Waals surface area contributed by atoms with Crippen LogP contribution in [0, 0.1) is 0 Å². The largest absolute Gasteiger partial charge is 0.493 e. The maximum atomic E-state index is 11.7. The second-order valence-corrected chi connectivity index (χ2v) is 4.43. The fourth-order valence-electron chi connectivity index (χ4n) is 1.72. The van der Waals surface area contributed by atoms with Gasteiger partial charge in [0.1, 0.15) is 0 Å². The van der Waals surface area contributed by atoms with Gasteiger partial charge in [0.05, 0.1) is 20.6 Å². The van der Waals surface area contributed by atoms with Crippen LogP contribution in [-0.4, -0.2) is 45.3 Å². The summed E-state index contributed by atoms with van der Waals surface area (Å²) < 4.78 is 15.1. The predicted octanol–water partition coefficient (Wildman–Crippen LogP) is 0.635. The summed E-state index contributed by atoms with van der Waals surface area (Å²) in [5.74, 6) is -0.252. The number of carbonyl (C=O) groups is 3. The fourth-order valence-corrected chi connectivity index (χ4v) is 1.72. The molecule has 0 spiro atoms. The van der Waals surface area contributed by atoms with Gasteiger partial charge in [-0.25, -0.2) is 4.79 Å². The molecule has 0 aliphatic rings. The highest BCUT2D eigenvalue weighted by atomic mass is 16.5. The highest BCUT2D eigenvalue weighted by molar-refractivity contribution is 5.95. The Balaban J connectivity index is 2.48. The Bertz CT molecular complexity index is 573. The smallest absolute Gasteiger partial charge is 0.321 e. The molecule has 0 saturated carbocycles. The molecule has 8 nitrogen and oxygen atoms in total. The first-order valence-corrected chi connectivity index (χ1v) is 6.94. The minimum atomic E-state index is -0.698. The van der Waals surface area contributed by atoms with Crippen molar-refractivity contribution in [1.82, 2.24) is 10.6 Å². The first kappa shape index (κ1) is 18.3. The Morgan fingerprint density at radius 1 is 1.09 bits per heavy atom. The zero-order valence-corrected chi connectivity index (χ0v) is 13.3. The lowest BCUT2D eigenvalue weighted by Gasteiger charge is -2.09. The molecule has 0 atom stereocenters. The van der Waals surface area contributed by atoms with Gasteiger partial charge < -0.3 is 19.5 Å². The molecule has 126 valence electrons. The summed E-state index contributed by atoms with van der Waals surface area (Å²) in [5.41, 5.74) is 0.650. The van der Waals surface area contributed by atoms with Crippen molar-refractivity contribution in [1.29, 1.82) is 0 Å². The minimum Gasteiger partial charge on any atom is -0.493 e. The number of rotatable bonds is 7. The second-order valence-electron chi connectivity index (χ2n) is 4.43. The van der Waals surface area contributed by atoms with E-state index in [-0.39, 0.29) is 6.42 Å². The van der Waals surface area contributed by atoms with Crippen molar-refractivity contribution in [3.63, 3.8) is 0 Å². The third-order valence-corrected chi connectivity index (χ3v) is 2.75. The first-order chi connectivity index (χ1) is 11.0. The van der Waals surface area contributed by atoms with Gasteiger partial charge in [-0.3, -0.25) is 14.9 Å². The maximum Gasteiger partial charge on any atom is 0.321 e. The molecule has 3 amide bonds. The number of benzene rings is 1. The molecule has 0 saturated heterocycles. The Morgan fingerprint density at radius 2 is 1.78 bits per heavy atom. The summed E-state index contributed by atoms with van der Waals surface area (Å²) in [7, 11) is 3.00. The molecule has 0 unspecified atom stereocenters. The van der Waals surface area contributed by atoms with E-state index < -0.39 is 24.5 Å². The van der Waals surface area contributed by atoms with Gasteiger partial charge in [-0.2, -0.15) is 0 Å². The van der Waals surface area contributed by atoms with E-state index in [0.717, 1.165) is 0 Å². The Kier molecular flexibility index (Phi) is 7.38. The highest BCUT2D eigenvalue weighted by Crippen LogP contribution is 2.27. The third-order valence-electron chi connectivity index (χ3n) is 2.75. The van der Waals surface area contributed by atoms with E-state index in [1.165, 1.54) is 14.2 Å². The summed E-state index contributed by atoms with van der Waals surface area (Å²) in [4.78, 5) is 34.2. The van der Waals surface area contributed by atoms with Gasteiger partial charge in [0.15, 0.2) is 18.1 Å². The van der Waals surface area contributed by atoms with Gasteiger partial charge in [-0.05, 0) is 24.6 Å². The summed E-state index contributed by atoms with van der Waals surface area (Å²) in [6, 6.07) is 4.38. The monoisotopic (exact) mass is 324 g/mol. The lowest BCUT2D eigenvalue weighted by molar-refractivity contribution is -0.147. The number of carbonyl (C=O) groups excluding carboxylic acids is 3. The quantitative estimate of drug-likeness (QED) is 0.713. The van der Waals surface area contributed by atoms with E-state index in [4.69, 9.17) is 14.2 Å². The van der Waals surface area contributed by atoms with E-state index in [1.807, 2.05) is 5.32 Å². The number of urea groups is 1. The molecular formula is C15H20N2O6. The molecular weight excluding hydrogens is 304 g/mol. The van der Waals surface area contributed by atoms with Crippen molar-refractivity contribution in [3.05, 3.63) is 23.8 Å². The summed E-state index contributed by atoms with van der Waals surface area (Å²) >= 11 is 0. The normalized spacial score (nSPS) is 9.70. The van der Waals surface area contributed by atoms with Gasteiger partial charge in [-0.1, -0.05) is 6.07 Å². The number of hydrogen-bond donors (Lipinski definition) is 2. The van der Waals surface area contributed by atoms with Crippen LogP contribution < -0.4 is 20.1 Å². The van der Waals surface area contributed by atoms with E-state index >= 15 is 0 Å². The van der Waals surface area contributed by atoms with E-state index in [0.29, 0.717) is 23.6 Å². The van der Waals surface area contributed by atoms with Crippen molar-refractivity contribution < 1.29 is 28.6 Å². The molecule has 1 rings (SSSR count). The lowest BCUT2D eigenvalue weighted by Crippen LogP contribution is -2.41. The van der Waals surface area contributed by atoms with Crippen LogP contribution in [-0.2, 0) is 20.7 Å². The summed E-state index contributed by atoms with van der Waals surface area (Å²) in [5, 5.41) is 4.42. The standard InChI is InChI=1S/C15H20N2O6/c1-4-16-15(20)17-13(18)9-23-14(19)8-10-5-6-11(21-2)12(7-10)22-3/h5-7H,4,8-9H2,1-3H3,(H2,16,17,18,20). The van der Waals surface area contributed by atoms with E-state index in [9.17, 15) is 14.4 Å². The Morgan fingerprint density at radius 3 is 2.39 bits per heavy atom. The third kappa shape index (κ3) is 6.25. The SMILES string of the molecule is CCNC(=O)NC(=O)COC(=O)Cc1ccc(OC)c(OC)c1. The number of imide groups is 1. The molecule has 8 heteroatoms. The molecule has 0 heterocycles. The van der Waals surface area contributed by atoms with E-state index in [1.54, 1.807) is 25.1 Å². The van der Waals surface area contributed by atoms with Crippen molar-refractivity contribution in [3.8, 4) is 11.5 Å². The molecule has 0 aliphatic heterocycles. The molecule has 2 N–H and O–H groups in total. The zero-order chi connectivity index (χ0) is 17.2. The average molecular weight is 324 g/mol. The molecule has 0 radical (unpaired) electrons. The molecule has 1 aromatic carbocycles. The van der Waals surface area contributed by atoms with Crippen LogP contribution in [0.1, 0.15) is 12.5 Å². The Labute approximate surface area is 134 Å². The number of nitrogens with one attached hydrogen (secondary N) is 2. The molecule has 1 aromatic rings. The van der Waals surface area contributed by atoms with Crippen molar-refractivity contribution in [2.24, 2.45) is 0 Å². The molecule has 0 aliphatic carbocycles. The average Bonchev–Trinajstić information content (AvgIpc) is 2.53. The van der Waals surface area contributed by atoms with Gasteiger partial charge >= 0.3 is 12.0 Å². The number of ether oxygens (including phenoxy) is 3. The van der Waals surface area contributed by atoms with Crippen LogP contribution in [0.15, 0.2) is 18.2 Å². The summed E-state index contributed by atoms with van der Waals surface area (Å²) in [6.45, 7) is 1.58. The first-order valence-electron chi connectivity index (χ1n) is 6.94. The number of methoxy groups -OCH3 is 2. The zero-order valence-electron chi connectivity index (χ0n) is 13.3. The lowest BCUT2D eigenvalue weighted by atomic mass is 10.1. The highest BCUT2D eigenvalue weighted by Gasteiger charge is 2.12. The van der Waals surface area contributed by atoms with Crippen LogP contribution in [0.25, 0.3) is 0 Å². The van der Waals surface area contributed by atoms with Crippen LogP contribution in [0.5, 0.6) is 11.5 Å². The number of hydrogen-bond acceptors (Lipinski definition) is 6. The summed E-state index contributed by atoms with van der Waals surface area (Å²) in [6.07, 6.45) is -0.0329. The molecule has 0 aromatic heterocycles. The van der Waals surface area contributed by atoms with Gasteiger partial charge in [0, 0.05) is 6.54 Å². The van der Waals surface area contributed by atoms with Gasteiger partial charge in [0.25, 0.3) is 5.91 Å². The van der Waals surface area contributed by atoms with Crippen LogP contribution in [0.4, 0.5) is 4.79 Å². The van der Waals surface area contributed by atoms with Gasteiger partial charge in [0.2, 0.25) is 0 Å². The molecule has 0 bridgehead atoms. The van der Waals surface area contributed by atoms with Crippen LogP contribution >= 0.6 is 0 Å². The number of esters is 1. The topological polar surface area (TPSA) is 103 Å². The molecule has 23 heavy (non-hydrogen) atoms. The van der Waals surface area contributed by atoms with Gasteiger partial charge in [-0.15, -0.1) is 0 Å². The fraction of sp³-hybridized carbons (Fsp3) is 0.400. The predicted molar refractivity (Wildman–Crippen MR) is 81.4 cm³/mol. The minimum absolute atomic E-state index is 0.0329. The van der Waals surface area contributed by atoms with Crippen molar-refractivity contribution in [2.45, 2.75) is 13.3 Å².